The van der Waals surface area contributed by atoms with Crippen LogP contribution in [-0.2, 0) is 76.8 Å². The quantitative estimate of drug-likeness (QED) is 0.0113. The first kappa shape index (κ1) is 88.1. The molecule has 0 radical (unpaired) electrons. The Bertz CT molecular complexity index is 3690. The van der Waals surface area contributed by atoms with Gasteiger partial charge in [0.2, 0.25) is 70.9 Å². The lowest BCUT2D eigenvalue weighted by Gasteiger charge is -2.31. The number of nitrogens with two attached hydrogens (primary N) is 5. The molecule has 12 amide bonds. The van der Waals surface area contributed by atoms with Gasteiger partial charge >= 0.3 is 0 Å². The van der Waals surface area contributed by atoms with Gasteiger partial charge in [0.05, 0.1) is 38.7 Å². The molecule has 26 N–H and O–H groups in total. The fourth-order valence-electron chi connectivity index (χ4n) is 12.1. The summed E-state index contributed by atoms with van der Waals surface area (Å²) in [5.74, 6) is -11.5. The van der Waals surface area contributed by atoms with Crippen molar-refractivity contribution in [2.45, 2.75) is 191 Å². The van der Waals surface area contributed by atoms with Gasteiger partial charge in [0.25, 0.3) is 0 Å². The zero-order valence-corrected chi connectivity index (χ0v) is 62.2. The van der Waals surface area contributed by atoms with Gasteiger partial charge in [0.1, 0.15) is 66.5 Å². The number of imidazole rings is 1. The SMILES string of the molecule is C=C(NC(CCCN=C(N)N)C(=O)NC(Cc1c[nH]c2ccccc12)C(=O)NCC(=O)NC(CCCCN)C(=O)N1CCCC1C(=O)NC(C(N)=O)C(C)C)C(Cc1ccccc1)NC(=O)C(Cc1cnc[nH]1)NC(=O)C(CO)NC(=O)C(NC(=O)C(NC(=O)C(CO)NC(=O)C(N)CO)C(C)CC)C(C)CC. The number of nitrogens with zero attached hydrogens (tertiary/aromatic N) is 3. The lowest BCUT2D eigenvalue weighted by atomic mass is 9.94. The highest BCUT2D eigenvalue weighted by atomic mass is 16.3. The van der Waals surface area contributed by atoms with Crippen molar-refractivity contribution in [3.8, 4) is 0 Å². The van der Waals surface area contributed by atoms with Crippen LogP contribution in [0.2, 0.25) is 0 Å². The van der Waals surface area contributed by atoms with E-state index in [1.165, 1.54) is 17.4 Å². The first-order valence-corrected chi connectivity index (χ1v) is 36.4. The molecular weight excluding hydrogens is 1400 g/mol. The minimum absolute atomic E-state index is 0.0159. The van der Waals surface area contributed by atoms with Gasteiger partial charge in [0.15, 0.2) is 5.96 Å². The van der Waals surface area contributed by atoms with E-state index in [2.05, 4.69) is 85.0 Å². The van der Waals surface area contributed by atoms with E-state index in [1.807, 2.05) is 18.2 Å². The molecule has 1 aliphatic rings. The average Bonchev–Trinajstić information content (AvgIpc) is 1.67. The van der Waals surface area contributed by atoms with Crippen LogP contribution in [0, 0.1) is 17.8 Å². The van der Waals surface area contributed by atoms with Crippen molar-refractivity contribution in [1.82, 2.24) is 78.3 Å². The van der Waals surface area contributed by atoms with Crippen molar-refractivity contribution in [3.63, 3.8) is 0 Å². The Morgan fingerprint density at radius 1 is 0.602 bits per heavy atom. The van der Waals surface area contributed by atoms with Crippen molar-refractivity contribution in [1.29, 1.82) is 0 Å². The van der Waals surface area contributed by atoms with Crippen LogP contribution in [0.15, 0.2) is 90.6 Å². The number of guanidine groups is 1. The lowest BCUT2D eigenvalue weighted by Crippen LogP contribution is -2.62. The summed E-state index contributed by atoms with van der Waals surface area (Å²) in [6.07, 6.45) is 6.67. The summed E-state index contributed by atoms with van der Waals surface area (Å²) in [6, 6.07) is 0.274. The fraction of sp³-hybridized carbons (Fsp3) is 0.556. The number of aromatic nitrogens is 3. The van der Waals surface area contributed by atoms with E-state index < -0.39 is 182 Å². The van der Waals surface area contributed by atoms with E-state index in [0.29, 0.717) is 61.9 Å². The number of aliphatic hydroxyl groups is 3. The second kappa shape index (κ2) is 44.5. The molecule has 0 aliphatic carbocycles. The smallest absolute Gasteiger partial charge is 0.245 e. The van der Waals surface area contributed by atoms with Gasteiger partial charge in [-0.1, -0.05) is 109 Å². The monoisotopic (exact) mass is 1510 g/mol. The summed E-state index contributed by atoms with van der Waals surface area (Å²) < 4.78 is 0. The Labute approximate surface area is 627 Å². The van der Waals surface area contributed by atoms with Crippen molar-refractivity contribution in [3.05, 3.63) is 102 Å². The van der Waals surface area contributed by atoms with Crippen molar-refractivity contribution >= 4 is 87.7 Å². The third-order valence-corrected chi connectivity index (χ3v) is 18.8. The standard InChI is InChI=1S/C72H111N21O15/c1-8-40(5)59(92-70(107)60(41(6)9-2)91-67(104)55(37-96)88-62(99)47(74)35-94)69(106)89-54(36-95)66(103)87-53(31-45-33-78-38-82-45)65(102)85-51(29-43-19-11-10-12-20-43)42(7)83-49(24-17-27-79-72(76)77)64(101)86-52(30-44-32-80-48-22-14-13-21-46(44)48)63(100)81-34-57(97)84-50(23-15-16-26-73)71(108)93-28-18-25-56(93)68(105)90-58(39(3)4)61(75)98/h10-14,19-22,32-33,38-41,47,49-56,58-60,80,83,94-96H,7-9,15-18,23-31,34-37,73-74H2,1-6H3,(H2,75,98)(H,78,82)(H,81,100)(H,84,97)(H,85,102)(H,86,101)(H,87,103)(H,88,99)(H,89,106)(H,90,105)(H,91,104)(H,92,107)(H4,76,77,79). The van der Waals surface area contributed by atoms with Crippen LogP contribution >= 0.6 is 0 Å². The van der Waals surface area contributed by atoms with Gasteiger partial charge in [-0.2, -0.15) is 0 Å². The van der Waals surface area contributed by atoms with Gasteiger partial charge in [0, 0.05) is 60.6 Å². The maximum Gasteiger partial charge on any atom is 0.245 e. The van der Waals surface area contributed by atoms with Gasteiger partial charge in [-0.15, -0.1) is 0 Å². The maximum atomic E-state index is 15.1. The molecule has 36 nitrogen and oxygen atoms in total. The number of unbranched alkanes of at least 4 members (excludes halogenated alkanes) is 1. The van der Waals surface area contributed by atoms with Crippen LogP contribution in [0.25, 0.3) is 10.9 Å². The molecule has 0 spiro atoms. The number of nitrogens with one attached hydrogen (secondary N) is 13. The number of carbonyl (C=O) groups excluding carboxylic acids is 12. The van der Waals surface area contributed by atoms with Crippen LogP contribution in [-0.4, -0.2) is 231 Å². The molecule has 4 aromatic rings. The second-order valence-electron chi connectivity index (χ2n) is 27.4. The molecule has 594 valence electrons. The van der Waals surface area contributed by atoms with Crippen molar-refractivity contribution in [2.75, 3.05) is 46.0 Å². The number of hydrogen-bond acceptors (Lipinski definition) is 20. The Morgan fingerprint density at radius 3 is 1.76 bits per heavy atom. The molecule has 5 rings (SSSR count). The number of primary amides is 1. The van der Waals surface area contributed by atoms with Crippen molar-refractivity contribution < 1.29 is 72.9 Å². The van der Waals surface area contributed by atoms with Crippen LogP contribution < -0.4 is 87.2 Å². The van der Waals surface area contributed by atoms with E-state index in [0.717, 1.165) is 10.9 Å². The topological polar surface area (TPSA) is 588 Å². The Balaban J connectivity index is 1.41. The van der Waals surface area contributed by atoms with Crippen molar-refractivity contribution in [2.24, 2.45) is 51.4 Å². The number of benzene rings is 2. The number of fused-ring (bicyclic) bond motifs is 1. The van der Waals surface area contributed by atoms with E-state index in [-0.39, 0.29) is 69.2 Å². The fourth-order valence-corrected chi connectivity index (χ4v) is 12.1. The minimum Gasteiger partial charge on any atom is -0.394 e. The number of H-pyrrole nitrogens is 2. The second-order valence-corrected chi connectivity index (χ2v) is 27.4. The van der Waals surface area contributed by atoms with Crippen LogP contribution in [0.4, 0.5) is 0 Å². The molecule has 2 aromatic carbocycles. The van der Waals surface area contributed by atoms with Crippen LogP contribution in [0.3, 0.4) is 0 Å². The highest BCUT2D eigenvalue weighted by Gasteiger charge is 2.41. The molecule has 36 heteroatoms. The number of rotatable bonds is 47. The van der Waals surface area contributed by atoms with E-state index in [9.17, 15) is 63.3 Å². The molecule has 1 aliphatic heterocycles. The third kappa shape index (κ3) is 27.0. The normalized spacial score (nSPS) is 16.3. The average molecular weight is 1510 g/mol. The third-order valence-electron chi connectivity index (χ3n) is 18.8. The summed E-state index contributed by atoms with van der Waals surface area (Å²) >= 11 is 0. The number of likely N-dealkylation sites (tertiary alicyclic amines) is 1. The number of aliphatic imine (C=N–C) groups is 1. The number of para-hydroxylation sites is 1. The molecule has 14 atom stereocenters. The number of carbonyl (C=O) groups is 12. The molecule has 14 unspecified atom stereocenters. The van der Waals surface area contributed by atoms with Gasteiger partial charge < -0.3 is 117 Å². The Morgan fingerprint density at radius 2 is 1.17 bits per heavy atom. The highest BCUT2D eigenvalue weighted by molar-refractivity contribution is 5.99. The van der Waals surface area contributed by atoms with Crippen LogP contribution in [0.1, 0.15) is 116 Å². The molecule has 108 heavy (non-hydrogen) atoms. The lowest BCUT2D eigenvalue weighted by molar-refractivity contribution is -0.142. The van der Waals surface area contributed by atoms with E-state index in [1.54, 1.807) is 84.1 Å². The van der Waals surface area contributed by atoms with E-state index in [4.69, 9.17) is 28.7 Å². The largest absolute Gasteiger partial charge is 0.394 e. The van der Waals surface area contributed by atoms with Gasteiger partial charge in [-0.05, 0) is 92.9 Å². The number of aromatic amines is 2. The highest BCUT2D eigenvalue weighted by Crippen LogP contribution is 2.23. The molecular formula is C72H111N21O15. The first-order valence-electron chi connectivity index (χ1n) is 36.4. The molecule has 1 fully saturated rings. The number of hydrogen-bond donors (Lipinski definition) is 21. The van der Waals surface area contributed by atoms with Gasteiger partial charge in [-0.3, -0.25) is 62.5 Å². The van der Waals surface area contributed by atoms with Crippen LogP contribution in [0.5, 0.6) is 0 Å². The predicted octanol–water partition coefficient (Wildman–Crippen LogP) is -4.42. The predicted molar refractivity (Wildman–Crippen MR) is 401 cm³/mol. The summed E-state index contributed by atoms with van der Waals surface area (Å²) in [5, 5.41) is 60.4. The molecule has 0 bridgehead atoms. The molecule has 2 aromatic heterocycles. The van der Waals surface area contributed by atoms with Gasteiger partial charge in [-0.25, -0.2) is 4.98 Å². The Kier molecular flexibility index (Phi) is 36.3. The molecule has 3 heterocycles. The minimum atomic E-state index is -1.75. The number of amides is 12. The number of aliphatic hydroxyl groups excluding tert-OH is 3. The molecule has 0 saturated carbocycles. The molecule has 1 saturated heterocycles. The maximum absolute atomic E-state index is 15.1. The summed E-state index contributed by atoms with van der Waals surface area (Å²) in [5.41, 5.74) is 30.8. The Hall–Kier alpha value is -10.6. The first-order chi connectivity index (χ1) is 51.5. The summed E-state index contributed by atoms with van der Waals surface area (Å²) in [4.78, 5) is 183. The zero-order valence-electron chi connectivity index (χ0n) is 62.2. The summed E-state index contributed by atoms with van der Waals surface area (Å²) in [6.45, 7) is 11.7. The zero-order chi connectivity index (χ0) is 79.7. The van der Waals surface area contributed by atoms with E-state index >= 15 is 9.59 Å². The summed E-state index contributed by atoms with van der Waals surface area (Å²) in [7, 11) is 0.